The predicted molar refractivity (Wildman–Crippen MR) is 106 cm³/mol. The van der Waals surface area contributed by atoms with Gasteiger partial charge in [-0.3, -0.25) is 0 Å². The highest BCUT2D eigenvalue weighted by Gasteiger charge is 2.28. The smallest absolute Gasteiger partial charge is 0.337 e. The first-order valence-electron chi connectivity index (χ1n) is 8.87. The first-order valence-corrected chi connectivity index (χ1v) is 8.87. The minimum atomic E-state index is -0.918. The molecule has 0 radical (unpaired) electrons. The van der Waals surface area contributed by atoms with E-state index in [0.717, 1.165) is 31.4 Å². The summed E-state index contributed by atoms with van der Waals surface area (Å²) in [5.41, 5.74) is 8.54. The van der Waals surface area contributed by atoms with Crippen molar-refractivity contribution in [3.63, 3.8) is 0 Å². The fourth-order valence-electron chi connectivity index (χ4n) is 3.41. The number of nitrogens with two attached hydrogens (primary N) is 1. The van der Waals surface area contributed by atoms with Crippen molar-refractivity contribution in [2.24, 2.45) is 0 Å². The maximum Gasteiger partial charge on any atom is 0.337 e. The van der Waals surface area contributed by atoms with E-state index in [4.69, 9.17) is 5.73 Å². The van der Waals surface area contributed by atoms with Crippen LogP contribution < -0.4 is 11.1 Å². The van der Waals surface area contributed by atoms with Crippen LogP contribution in [0.3, 0.4) is 0 Å². The van der Waals surface area contributed by atoms with Crippen LogP contribution in [0.25, 0.3) is 0 Å². The summed E-state index contributed by atoms with van der Waals surface area (Å²) in [6.07, 6.45) is 12.0. The summed E-state index contributed by atoms with van der Waals surface area (Å²) in [6.45, 7) is 0. The van der Waals surface area contributed by atoms with Crippen molar-refractivity contribution in [2.45, 2.75) is 31.2 Å². The van der Waals surface area contributed by atoms with Gasteiger partial charge in [0.2, 0.25) is 0 Å². The molecule has 1 aliphatic carbocycles. The van der Waals surface area contributed by atoms with Crippen molar-refractivity contribution in [3.8, 4) is 0 Å². The van der Waals surface area contributed by atoms with Crippen molar-refractivity contribution < 1.29 is 9.90 Å². The number of aromatic carboxylic acids is 1. The zero-order chi connectivity index (χ0) is 18.4. The number of anilines is 2. The monoisotopic (exact) mass is 348 g/mol. The van der Waals surface area contributed by atoms with Gasteiger partial charge in [0.1, 0.15) is 0 Å². The maximum atomic E-state index is 11.5. The summed E-state index contributed by atoms with van der Waals surface area (Å²) in [6, 6.07) is 15.0. The molecule has 0 bridgehead atoms. The molecule has 0 fully saturated rings. The quantitative estimate of drug-likeness (QED) is 0.636. The van der Waals surface area contributed by atoms with Crippen LogP contribution in [0.4, 0.5) is 11.4 Å². The van der Waals surface area contributed by atoms with Gasteiger partial charge in [-0.25, -0.2) is 4.79 Å². The molecule has 2 aromatic carbocycles. The summed E-state index contributed by atoms with van der Waals surface area (Å²) in [5.74, 6) is -0.918. The minimum Gasteiger partial charge on any atom is -0.478 e. The Hall–Kier alpha value is -3.01. The number of rotatable bonds is 7. The highest BCUT2D eigenvalue weighted by atomic mass is 16.4. The molecule has 0 saturated carbocycles. The summed E-state index contributed by atoms with van der Waals surface area (Å²) in [4.78, 5) is 11.5. The van der Waals surface area contributed by atoms with Gasteiger partial charge in [0.05, 0.1) is 11.1 Å². The van der Waals surface area contributed by atoms with E-state index in [1.807, 2.05) is 42.5 Å². The fourth-order valence-corrected chi connectivity index (χ4v) is 3.41. The Kier molecular flexibility index (Phi) is 5.42. The molecule has 2 aromatic rings. The predicted octanol–water partition coefficient (Wildman–Crippen LogP) is 4.66. The first kappa shape index (κ1) is 17.8. The zero-order valence-electron chi connectivity index (χ0n) is 14.7. The van der Waals surface area contributed by atoms with Crippen LogP contribution in [0, 0.1) is 0 Å². The molecule has 1 atom stereocenters. The van der Waals surface area contributed by atoms with Gasteiger partial charge in [0, 0.05) is 11.4 Å². The number of aryl methyl sites for hydroxylation is 1. The highest BCUT2D eigenvalue weighted by Crippen LogP contribution is 2.30. The van der Waals surface area contributed by atoms with Crippen molar-refractivity contribution in [1.29, 1.82) is 0 Å². The molecule has 0 spiro atoms. The molecule has 3 rings (SSSR count). The molecule has 1 aliphatic rings. The summed E-state index contributed by atoms with van der Waals surface area (Å²) < 4.78 is 0. The van der Waals surface area contributed by atoms with Gasteiger partial charge >= 0.3 is 5.97 Å². The topological polar surface area (TPSA) is 75.3 Å². The molecule has 4 N–H and O–H groups in total. The first-order chi connectivity index (χ1) is 12.6. The number of benzene rings is 2. The van der Waals surface area contributed by atoms with E-state index in [-0.39, 0.29) is 5.54 Å². The number of carboxylic acids is 1. The Morgan fingerprint density at radius 3 is 2.73 bits per heavy atom. The third-order valence-corrected chi connectivity index (χ3v) is 4.73. The lowest BCUT2D eigenvalue weighted by Gasteiger charge is -2.34. The number of allylic oxidation sites excluding steroid dienone is 2. The lowest BCUT2D eigenvalue weighted by molar-refractivity contribution is 0.0698. The van der Waals surface area contributed by atoms with Gasteiger partial charge in [-0.1, -0.05) is 48.6 Å². The number of carbonyl (C=O) groups is 1. The number of nitrogen functional groups attached to an aromatic ring is 1. The van der Waals surface area contributed by atoms with Crippen molar-refractivity contribution in [2.75, 3.05) is 11.1 Å². The largest absolute Gasteiger partial charge is 0.478 e. The van der Waals surface area contributed by atoms with Crippen LogP contribution in [0.1, 0.15) is 35.2 Å². The highest BCUT2D eigenvalue weighted by molar-refractivity contribution is 5.94. The normalized spacial score (nSPS) is 18.6. The summed E-state index contributed by atoms with van der Waals surface area (Å²) in [5, 5.41) is 12.9. The fraction of sp³-hybridized carbons (Fsp3) is 0.227. The van der Waals surface area contributed by atoms with Gasteiger partial charge in [-0.15, -0.1) is 0 Å². The van der Waals surface area contributed by atoms with E-state index in [1.165, 1.54) is 5.56 Å². The van der Waals surface area contributed by atoms with Crippen LogP contribution in [-0.2, 0) is 6.42 Å². The number of hydrogen-bond acceptors (Lipinski definition) is 3. The van der Waals surface area contributed by atoms with Gasteiger partial charge in [0.25, 0.3) is 0 Å². The second kappa shape index (κ2) is 7.91. The van der Waals surface area contributed by atoms with Crippen LogP contribution in [0.2, 0.25) is 0 Å². The van der Waals surface area contributed by atoms with E-state index in [0.29, 0.717) is 11.3 Å². The molecule has 0 saturated heterocycles. The van der Waals surface area contributed by atoms with Gasteiger partial charge in [-0.2, -0.15) is 0 Å². The van der Waals surface area contributed by atoms with Crippen LogP contribution >= 0.6 is 0 Å². The lowest BCUT2D eigenvalue weighted by Crippen LogP contribution is -2.37. The average Bonchev–Trinajstić information content (AvgIpc) is 2.63. The molecule has 134 valence electrons. The zero-order valence-corrected chi connectivity index (χ0v) is 14.7. The van der Waals surface area contributed by atoms with Crippen molar-refractivity contribution in [1.82, 2.24) is 0 Å². The van der Waals surface area contributed by atoms with Crippen molar-refractivity contribution >= 4 is 17.3 Å². The van der Waals surface area contributed by atoms with Crippen LogP contribution in [0.5, 0.6) is 0 Å². The maximum absolute atomic E-state index is 11.5. The van der Waals surface area contributed by atoms with Crippen LogP contribution in [0.15, 0.2) is 72.8 Å². The Morgan fingerprint density at radius 1 is 1.15 bits per heavy atom. The molecular formula is C22H24N2O2. The molecular weight excluding hydrogens is 324 g/mol. The number of carboxylic acid groups (broad SMARTS) is 1. The Labute approximate surface area is 154 Å². The van der Waals surface area contributed by atoms with Crippen molar-refractivity contribution in [3.05, 3.63) is 84.0 Å². The second-order valence-electron chi connectivity index (χ2n) is 6.72. The molecule has 1 unspecified atom stereocenters. The second-order valence-corrected chi connectivity index (χ2v) is 6.72. The van der Waals surface area contributed by atoms with Gasteiger partial charge in [-0.05, 0) is 55.5 Å². The summed E-state index contributed by atoms with van der Waals surface area (Å²) in [7, 11) is 0. The molecule has 4 nitrogen and oxygen atoms in total. The number of nitrogens with one attached hydrogen (secondary N) is 1. The van der Waals surface area contributed by atoms with E-state index < -0.39 is 5.97 Å². The van der Waals surface area contributed by atoms with E-state index in [2.05, 4.69) is 23.5 Å². The standard InChI is InChI=1S/C22H24N2O2/c23-18-10-6-8-17(16-18)9-7-15-22(13-4-1-5-14-22)24-20-12-3-2-11-19(20)21(25)26/h1-6,8,10-13,16,24H,7,9,14-15,23H2,(H,25,26). The lowest BCUT2D eigenvalue weighted by atomic mass is 9.85. The molecule has 0 aliphatic heterocycles. The molecule has 0 aromatic heterocycles. The third-order valence-electron chi connectivity index (χ3n) is 4.73. The average molecular weight is 348 g/mol. The Morgan fingerprint density at radius 2 is 2.00 bits per heavy atom. The molecule has 26 heavy (non-hydrogen) atoms. The minimum absolute atomic E-state index is 0.277. The Balaban J connectivity index is 1.74. The Bertz CT molecular complexity index is 842. The summed E-state index contributed by atoms with van der Waals surface area (Å²) >= 11 is 0. The van der Waals surface area contributed by atoms with Crippen LogP contribution in [-0.4, -0.2) is 16.6 Å². The molecule has 4 heteroatoms. The van der Waals surface area contributed by atoms with E-state index >= 15 is 0 Å². The molecule has 0 amide bonds. The number of hydrogen-bond donors (Lipinski definition) is 3. The van der Waals surface area contributed by atoms with E-state index in [1.54, 1.807) is 12.1 Å². The SMILES string of the molecule is Nc1cccc(CCCC2(Nc3ccccc3C(=O)O)C=CC=CC2)c1. The number of para-hydroxylation sites is 1. The van der Waals surface area contributed by atoms with E-state index in [9.17, 15) is 9.90 Å². The van der Waals surface area contributed by atoms with Gasteiger partial charge in [0.15, 0.2) is 0 Å². The third kappa shape index (κ3) is 4.33. The van der Waals surface area contributed by atoms with Gasteiger partial charge < -0.3 is 16.2 Å². The molecule has 0 heterocycles.